The van der Waals surface area contributed by atoms with Crippen molar-refractivity contribution < 1.29 is 4.79 Å². The maximum absolute atomic E-state index is 12.6. The van der Waals surface area contributed by atoms with Crippen molar-refractivity contribution in [3.8, 4) is 6.07 Å². The van der Waals surface area contributed by atoms with Gasteiger partial charge in [0, 0.05) is 18.4 Å². The van der Waals surface area contributed by atoms with Crippen molar-refractivity contribution in [3.63, 3.8) is 0 Å². The molecule has 0 fully saturated rings. The third kappa shape index (κ3) is 4.55. The van der Waals surface area contributed by atoms with Crippen molar-refractivity contribution in [2.24, 2.45) is 0 Å². The number of benzene rings is 1. The van der Waals surface area contributed by atoms with Gasteiger partial charge < -0.3 is 10.2 Å². The highest BCUT2D eigenvalue weighted by molar-refractivity contribution is 5.90. The van der Waals surface area contributed by atoms with Gasteiger partial charge in [0.1, 0.15) is 0 Å². The lowest BCUT2D eigenvalue weighted by molar-refractivity contribution is 0.209. The highest BCUT2D eigenvalue weighted by atomic mass is 16.2. The van der Waals surface area contributed by atoms with Crippen LogP contribution < -0.4 is 5.32 Å². The molecule has 5 heteroatoms. The minimum atomic E-state index is -0.223. The van der Waals surface area contributed by atoms with Crippen molar-refractivity contribution in [2.45, 2.75) is 26.8 Å². The Labute approximate surface area is 136 Å². The topological polar surface area (TPSA) is 69.0 Å². The number of amides is 2. The van der Waals surface area contributed by atoms with E-state index in [1.54, 1.807) is 11.1 Å². The van der Waals surface area contributed by atoms with Gasteiger partial charge in [0.05, 0.1) is 24.7 Å². The number of nitrogens with zero attached hydrogens (tertiary/aromatic N) is 3. The molecule has 0 spiro atoms. The predicted octanol–water partition coefficient (Wildman–Crippen LogP) is 3.65. The Morgan fingerprint density at radius 1 is 1.26 bits per heavy atom. The van der Waals surface area contributed by atoms with Gasteiger partial charge in [-0.15, -0.1) is 0 Å². The summed E-state index contributed by atoms with van der Waals surface area (Å²) >= 11 is 0. The normalized spacial score (nSPS) is 9.96. The van der Waals surface area contributed by atoms with Gasteiger partial charge in [-0.05, 0) is 43.2 Å². The molecule has 0 aliphatic rings. The molecule has 1 aromatic carbocycles. The van der Waals surface area contributed by atoms with E-state index in [1.165, 1.54) is 0 Å². The fourth-order valence-electron chi connectivity index (χ4n) is 2.21. The second-order valence-electron chi connectivity index (χ2n) is 5.33. The zero-order chi connectivity index (χ0) is 16.7. The molecule has 0 aliphatic heterocycles. The van der Waals surface area contributed by atoms with Gasteiger partial charge in [-0.25, -0.2) is 4.79 Å². The lowest BCUT2D eigenvalue weighted by Crippen LogP contribution is -2.35. The van der Waals surface area contributed by atoms with E-state index in [1.807, 2.05) is 50.2 Å². The van der Waals surface area contributed by atoms with Crippen molar-refractivity contribution in [3.05, 3.63) is 59.4 Å². The number of nitriles is 1. The molecule has 0 aliphatic carbocycles. The lowest BCUT2D eigenvalue weighted by atomic mass is 10.1. The summed E-state index contributed by atoms with van der Waals surface area (Å²) in [6.45, 7) is 4.72. The van der Waals surface area contributed by atoms with E-state index in [2.05, 4.69) is 16.4 Å². The molecule has 0 radical (unpaired) electrons. The number of carbonyl (C=O) groups excluding carboxylic acids is 1. The first kappa shape index (κ1) is 16.5. The summed E-state index contributed by atoms with van der Waals surface area (Å²) in [7, 11) is 0. The average molecular weight is 308 g/mol. The van der Waals surface area contributed by atoms with E-state index in [0.29, 0.717) is 13.1 Å². The maximum atomic E-state index is 12.6. The van der Waals surface area contributed by atoms with Crippen LogP contribution in [0.4, 0.5) is 10.5 Å². The van der Waals surface area contributed by atoms with E-state index in [9.17, 15) is 4.79 Å². The van der Waals surface area contributed by atoms with Crippen LogP contribution >= 0.6 is 0 Å². The third-order valence-electron chi connectivity index (χ3n) is 3.71. The monoisotopic (exact) mass is 308 g/mol. The standard InChI is InChI=1S/C18H20N4O/c1-14-7-5-9-17(15(14)2)21-18(23)22(12-6-10-19)13-16-8-3-4-11-20-16/h3-5,7-9,11H,6,12-13H2,1-2H3,(H,21,23). The fourth-order valence-corrected chi connectivity index (χ4v) is 2.21. The molecule has 2 amide bonds. The summed E-state index contributed by atoms with van der Waals surface area (Å²) in [5.74, 6) is 0. The Balaban J connectivity index is 2.13. The molecule has 1 N–H and O–H groups in total. The molecule has 1 aromatic heterocycles. The summed E-state index contributed by atoms with van der Waals surface area (Å²) in [5, 5.41) is 11.7. The van der Waals surface area contributed by atoms with E-state index in [4.69, 9.17) is 5.26 Å². The van der Waals surface area contributed by atoms with Crippen LogP contribution in [0.3, 0.4) is 0 Å². The van der Waals surface area contributed by atoms with Crippen LogP contribution in [0, 0.1) is 25.2 Å². The van der Waals surface area contributed by atoms with Crippen LogP contribution in [0.15, 0.2) is 42.6 Å². The number of anilines is 1. The molecule has 23 heavy (non-hydrogen) atoms. The molecule has 5 nitrogen and oxygen atoms in total. The Bertz CT molecular complexity index is 707. The Morgan fingerprint density at radius 3 is 2.78 bits per heavy atom. The Hall–Kier alpha value is -2.87. The zero-order valence-corrected chi connectivity index (χ0v) is 13.4. The van der Waals surface area contributed by atoms with E-state index >= 15 is 0 Å². The van der Waals surface area contributed by atoms with Crippen LogP contribution in [0.5, 0.6) is 0 Å². The second-order valence-corrected chi connectivity index (χ2v) is 5.33. The number of aryl methyl sites for hydroxylation is 1. The summed E-state index contributed by atoms with van der Waals surface area (Å²) < 4.78 is 0. The smallest absolute Gasteiger partial charge is 0.318 e. The van der Waals surface area contributed by atoms with Crippen LogP contribution in [-0.2, 0) is 6.54 Å². The minimum Gasteiger partial charge on any atom is -0.318 e. The largest absolute Gasteiger partial charge is 0.322 e. The van der Waals surface area contributed by atoms with E-state index < -0.39 is 0 Å². The lowest BCUT2D eigenvalue weighted by Gasteiger charge is -2.22. The minimum absolute atomic E-state index is 0.223. The summed E-state index contributed by atoms with van der Waals surface area (Å²) in [4.78, 5) is 18.4. The molecule has 2 aromatic rings. The van der Waals surface area contributed by atoms with Crippen molar-refractivity contribution >= 4 is 11.7 Å². The average Bonchev–Trinajstić information content (AvgIpc) is 2.56. The molecule has 118 valence electrons. The number of aromatic nitrogens is 1. The molecule has 2 rings (SSSR count). The number of hydrogen-bond acceptors (Lipinski definition) is 3. The molecule has 0 bridgehead atoms. The number of nitrogens with one attached hydrogen (secondary N) is 1. The first-order valence-corrected chi connectivity index (χ1v) is 7.51. The second kappa shape index (κ2) is 7.95. The van der Waals surface area contributed by atoms with Crippen LogP contribution in [0.25, 0.3) is 0 Å². The van der Waals surface area contributed by atoms with Gasteiger partial charge in [-0.1, -0.05) is 18.2 Å². The number of rotatable bonds is 5. The maximum Gasteiger partial charge on any atom is 0.322 e. The Morgan fingerprint density at radius 2 is 2.09 bits per heavy atom. The first-order valence-electron chi connectivity index (χ1n) is 7.51. The molecule has 1 heterocycles. The van der Waals surface area contributed by atoms with Crippen LogP contribution in [-0.4, -0.2) is 22.5 Å². The molecule has 0 unspecified atom stereocenters. The van der Waals surface area contributed by atoms with Gasteiger partial charge in [0.2, 0.25) is 0 Å². The van der Waals surface area contributed by atoms with Crippen molar-refractivity contribution in [2.75, 3.05) is 11.9 Å². The van der Waals surface area contributed by atoms with Crippen molar-refractivity contribution in [1.82, 2.24) is 9.88 Å². The summed E-state index contributed by atoms with van der Waals surface area (Å²) in [5.41, 5.74) is 3.74. The van der Waals surface area contributed by atoms with Crippen molar-refractivity contribution in [1.29, 1.82) is 5.26 Å². The molecule has 0 saturated carbocycles. The van der Waals surface area contributed by atoms with E-state index in [0.717, 1.165) is 22.5 Å². The Kier molecular flexibility index (Phi) is 5.70. The van der Waals surface area contributed by atoms with Crippen LogP contribution in [0.2, 0.25) is 0 Å². The highest BCUT2D eigenvalue weighted by Gasteiger charge is 2.15. The summed E-state index contributed by atoms with van der Waals surface area (Å²) in [6.07, 6.45) is 1.98. The number of hydrogen-bond donors (Lipinski definition) is 1. The van der Waals surface area contributed by atoms with Gasteiger partial charge in [-0.3, -0.25) is 4.98 Å². The molecular formula is C18H20N4O. The fraction of sp³-hybridized carbons (Fsp3) is 0.278. The third-order valence-corrected chi connectivity index (χ3v) is 3.71. The van der Waals surface area contributed by atoms with Gasteiger partial charge in [-0.2, -0.15) is 5.26 Å². The van der Waals surface area contributed by atoms with E-state index in [-0.39, 0.29) is 12.5 Å². The molecular weight excluding hydrogens is 288 g/mol. The number of urea groups is 1. The number of carbonyl (C=O) groups is 1. The molecule has 0 saturated heterocycles. The summed E-state index contributed by atoms with van der Waals surface area (Å²) in [6, 6.07) is 13.2. The van der Waals surface area contributed by atoms with Gasteiger partial charge >= 0.3 is 6.03 Å². The zero-order valence-electron chi connectivity index (χ0n) is 13.4. The van der Waals surface area contributed by atoms with Gasteiger partial charge in [0.25, 0.3) is 0 Å². The quantitative estimate of drug-likeness (QED) is 0.916. The first-order chi connectivity index (χ1) is 11.1. The highest BCUT2D eigenvalue weighted by Crippen LogP contribution is 2.18. The van der Waals surface area contributed by atoms with Gasteiger partial charge in [0.15, 0.2) is 0 Å². The predicted molar refractivity (Wildman–Crippen MR) is 89.8 cm³/mol. The molecule has 0 atom stereocenters. The number of pyridine rings is 1. The SMILES string of the molecule is Cc1cccc(NC(=O)N(CCC#N)Cc2ccccn2)c1C. The van der Waals surface area contributed by atoms with Crippen LogP contribution in [0.1, 0.15) is 23.2 Å².